The second-order valence-electron chi connectivity index (χ2n) is 5.22. The number of hydrogen-bond donors (Lipinski definition) is 1. The first-order chi connectivity index (χ1) is 9.95. The van der Waals surface area contributed by atoms with Crippen LogP contribution in [0.1, 0.15) is 30.0 Å². The quantitative estimate of drug-likeness (QED) is 0.793. The number of nitrogens with zero attached hydrogens (tertiary/aromatic N) is 2. The van der Waals surface area contributed by atoms with Crippen LogP contribution in [0.15, 0.2) is 4.21 Å². The molecule has 2 rings (SSSR count). The van der Waals surface area contributed by atoms with Crippen LogP contribution in [0.25, 0.3) is 0 Å². The van der Waals surface area contributed by atoms with Gasteiger partial charge < -0.3 is 10.5 Å². The molecule has 0 amide bonds. The summed E-state index contributed by atoms with van der Waals surface area (Å²) in [5.41, 5.74) is 6.03. The molecule has 1 aromatic rings. The lowest BCUT2D eigenvalue weighted by Crippen LogP contribution is -2.40. The maximum absolute atomic E-state index is 12.6. The SMILES string of the molecule is Cc1nc(C)c(S(=O)(=O)N2CCC(OCCCN)CC2)s1. The molecule has 0 bridgehead atoms. The van der Waals surface area contributed by atoms with E-state index in [1.54, 1.807) is 11.2 Å². The molecule has 0 spiro atoms. The van der Waals surface area contributed by atoms with Crippen LogP contribution in [0.2, 0.25) is 0 Å². The van der Waals surface area contributed by atoms with Crippen molar-refractivity contribution in [3.8, 4) is 0 Å². The Morgan fingerprint density at radius 1 is 1.38 bits per heavy atom. The van der Waals surface area contributed by atoms with Crippen molar-refractivity contribution in [2.24, 2.45) is 5.73 Å². The Labute approximate surface area is 130 Å². The zero-order chi connectivity index (χ0) is 15.5. The topological polar surface area (TPSA) is 85.5 Å². The smallest absolute Gasteiger partial charge is 0.254 e. The number of aryl methyl sites for hydroxylation is 2. The predicted molar refractivity (Wildman–Crippen MR) is 83.0 cm³/mol. The van der Waals surface area contributed by atoms with Gasteiger partial charge in [-0.1, -0.05) is 0 Å². The lowest BCUT2D eigenvalue weighted by atomic mass is 10.1. The third-order valence-electron chi connectivity index (χ3n) is 3.54. The monoisotopic (exact) mass is 333 g/mol. The van der Waals surface area contributed by atoms with Crippen LogP contribution in [-0.2, 0) is 14.8 Å². The van der Waals surface area contributed by atoms with Gasteiger partial charge in [0.05, 0.1) is 16.8 Å². The van der Waals surface area contributed by atoms with Crippen LogP contribution in [0.3, 0.4) is 0 Å². The Kier molecular flexibility index (Phi) is 5.73. The van der Waals surface area contributed by atoms with Gasteiger partial charge in [0.1, 0.15) is 0 Å². The fourth-order valence-corrected chi connectivity index (χ4v) is 5.53. The minimum Gasteiger partial charge on any atom is -0.378 e. The summed E-state index contributed by atoms with van der Waals surface area (Å²) in [6, 6.07) is 0. The van der Waals surface area contributed by atoms with Gasteiger partial charge in [-0.05, 0) is 39.7 Å². The van der Waals surface area contributed by atoms with E-state index in [4.69, 9.17) is 10.5 Å². The normalized spacial score (nSPS) is 18.2. The highest BCUT2D eigenvalue weighted by Gasteiger charge is 2.32. The third-order valence-corrected chi connectivity index (χ3v) is 7.10. The maximum Gasteiger partial charge on any atom is 0.254 e. The summed E-state index contributed by atoms with van der Waals surface area (Å²) in [5, 5.41) is 0.783. The van der Waals surface area contributed by atoms with E-state index in [1.807, 2.05) is 6.92 Å². The molecule has 1 aromatic heterocycles. The van der Waals surface area contributed by atoms with Crippen molar-refractivity contribution in [1.82, 2.24) is 9.29 Å². The molecule has 1 aliphatic rings. The minimum absolute atomic E-state index is 0.146. The van der Waals surface area contributed by atoms with Crippen LogP contribution in [-0.4, -0.2) is 50.1 Å². The molecular formula is C13H23N3O3S2. The molecule has 0 atom stereocenters. The lowest BCUT2D eigenvalue weighted by molar-refractivity contribution is 0.0209. The highest BCUT2D eigenvalue weighted by molar-refractivity contribution is 7.91. The van der Waals surface area contributed by atoms with Gasteiger partial charge in [-0.3, -0.25) is 0 Å². The molecule has 0 aliphatic carbocycles. The van der Waals surface area contributed by atoms with Gasteiger partial charge in [-0.15, -0.1) is 11.3 Å². The fourth-order valence-electron chi connectivity index (χ4n) is 2.44. The van der Waals surface area contributed by atoms with Crippen molar-refractivity contribution in [2.45, 2.75) is 43.4 Å². The van der Waals surface area contributed by atoms with E-state index in [0.29, 0.717) is 36.1 Å². The molecule has 1 aliphatic heterocycles. The van der Waals surface area contributed by atoms with Gasteiger partial charge in [-0.2, -0.15) is 4.31 Å². The second-order valence-corrected chi connectivity index (χ2v) is 8.56. The van der Waals surface area contributed by atoms with Gasteiger partial charge in [0, 0.05) is 19.7 Å². The first kappa shape index (κ1) is 16.8. The third kappa shape index (κ3) is 4.01. The predicted octanol–water partition coefficient (Wildman–Crippen LogP) is 1.28. The molecule has 0 aromatic carbocycles. The number of thiazole rings is 1. The van der Waals surface area contributed by atoms with Crippen molar-refractivity contribution < 1.29 is 13.2 Å². The molecule has 0 unspecified atom stereocenters. The zero-order valence-corrected chi connectivity index (χ0v) is 14.2. The number of sulfonamides is 1. The molecule has 2 N–H and O–H groups in total. The van der Waals surface area contributed by atoms with Gasteiger partial charge in [0.2, 0.25) is 0 Å². The van der Waals surface area contributed by atoms with Crippen molar-refractivity contribution in [1.29, 1.82) is 0 Å². The van der Waals surface area contributed by atoms with Crippen molar-refractivity contribution in [3.63, 3.8) is 0 Å². The van der Waals surface area contributed by atoms with E-state index in [2.05, 4.69) is 4.98 Å². The second kappa shape index (κ2) is 7.15. The molecule has 0 saturated carbocycles. The van der Waals surface area contributed by atoms with Crippen LogP contribution in [0.5, 0.6) is 0 Å². The van der Waals surface area contributed by atoms with Gasteiger partial charge >= 0.3 is 0 Å². The summed E-state index contributed by atoms with van der Waals surface area (Å²) in [7, 11) is -3.41. The number of hydrogen-bond acceptors (Lipinski definition) is 6. The van der Waals surface area contributed by atoms with Crippen molar-refractivity contribution in [3.05, 3.63) is 10.7 Å². The number of aromatic nitrogens is 1. The number of ether oxygens (including phenoxy) is 1. The van der Waals surface area contributed by atoms with Crippen LogP contribution in [0.4, 0.5) is 0 Å². The van der Waals surface area contributed by atoms with Crippen molar-refractivity contribution >= 4 is 21.4 Å². The summed E-state index contributed by atoms with van der Waals surface area (Å²) in [4.78, 5) is 4.21. The van der Waals surface area contributed by atoms with E-state index in [-0.39, 0.29) is 6.10 Å². The van der Waals surface area contributed by atoms with Gasteiger partial charge in [0.15, 0.2) is 4.21 Å². The van der Waals surface area contributed by atoms with E-state index in [0.717, 1.165) is 24.3 Å². The van der Waals surface area contributed by atoms with Gasteiger partial charge in [0.25, 0.3) is 10.0 Å². The number of nitrogens with two attached hydrogens (primary N) is 1. The summed E-state index contributed by atoms with van der Waals surface area (Å²) < 4.78 is 32.9. The summed E-state index contributed by atoms with van der Waals surface area (Å²) in [6.45, 7) is 5.86. The van der Waals surface area contributed by atoms with E-state index in [9.17, 15) is 8.42 Å². The highest BCUT2D eigenvalue weighted by atomic mass is 32.2. The lowest BCUT2D eigenvalue weighted by Gasteiger charge is -2.30. The standard InChI is InChI=1S/C13H23N3O3S2/c1-10-13(20-11(2)15-10)21(17,18)16-7-4-12(5-8-16)19-9-3-6-14/h12H,3-9,14H2,1-2H3. The van der Waals surface area contributed by atoms with Gasteiger partial charge in [-0.25, -0.2) is 13.4 Å². The van der Waals surface area contributed by atoms with E-state index >= 15 is 0 Å². The molecular weight excluding hydrogens is 310 g/mol. The Morgan fingerprint density at radius 2 is 2.05 bits per heavy atom. The van der Waals surface area contributed by atoms with E-state index in [1.165, 1.54) is 11.3 Å². The molecule has 2 heterocycles. The Morgan fingerprint density at radius 3 is 2.57 bits per heavy atom. The number of piperidine rings is 1. The molecule has 120 valence electrons. The molecule has 1 saturated heterocycles. The molecule has 1 fully saturated rings. The minimum atomic E-state index is -3.41. The molecule has 6 nitrogen and oxygen atoms in total. The van der Waals surface area contributed by atoms with Crippen molar-refractivity contribution in [2.75, 3.05) is 26.2 Å². The Balaban J connectivity index is 1.96. The first-order valence-corrected chi connectivity index (χ1v) is 9.46. The molecule has 8 heteroatoms. The summed E-state index contributed by atoms with van der Waals surface area (Å²) in [5.74, 6) is 0. The Bertz CT molecular complexity index is 563. The average molecular weight is 333 g/mol. The summed E-state index contributed by atoms with van der Waals surface area (Å²) in [6.07, 6.45) is 2.46. The summed E-state index contributed by atoms with van der Waals surface area (Å²) >= 11 is 1.25. The number of rotatable bonds is 6. The maximum atomic E-state index is 12.6. The first-order valence-electron chi connectivity index (χ1n) is 7.21. The largest absolute Gasteiger partial charge is 0.378 e. The molecule has 0 radical (unpaired) electrons. The average Bonchev–Trinajstić information content (AvgIpc) is 2.79. The fraction of sp³-hybridized carbons (Fsp3) is 0.769. The highest BCUT2D eigenvalue weighted by Crippen LogP contribution is 2.28. The van der Waals surface area contributed by atoms with E-state index < -0.39 is 10.0 Å². The van der Waals surface area contributed by atoms with Crippen LogP contribution in [0, 0.1) is 13.8 Å². The molecule has 21 heavy (non-hydrogen) atoms. The zero-order valence-electron chi connectivity index (χ0n) is 12.5. The Hall–Kier alpha value is -0.540. The van der Waals surface area contributed by atoms with Crippen LogP contribution >= 0.6 is 11.3 Å². The van der Waals surface area contributed by atoms with Crippen LogP contribution < -0.4 is 5.73 Å².